The molecule has 5 heteroatoms. The minimum atomic E-state index is -0.808. The molecule has 3 aromatic carbocycles. The summed E-state index contributed by atoms with van der Waals surface area (Å²) in [5.74, 6) is -0.252. The van der Waals surface area contributed by atoms with Crippen LogP contribution in [0, 0.1) is 11.7 Å². The zero-order valence-corrected chi connectivity index (χ0v) is 19.8. The highest BCUT2D eigenvalue weighted by molar-refractivity contribution is 5.71. The molecule has 0 fully saturated rings. The number of carboxylic acids is 1. The third-order valence-corrected chi connectivity index (χ3v) is 5.65. The molecule has 3 aromatic rings. The fourth-order valence-electron chi connectivity index (χ4n) is 3.73. The Morgan fingerprint density at radius 1 is 0.939 bits per heavy atom. The predicted molar refractivity (Wildman–Crippen MR) is 128 cm³/mol. The lowest BCUT2D eigenvalue weighted by Gasteiger charge is -2.24. The van der Waals surface area contributed by atoms with Crippen molar-refractivity contribution in [3.63, 3.8) is 0 Å². The summed E-state index contributed by atoms with van der Waals surface area (Å²) in [6.45, 7) is 8.33. The van der Waals surface area contributed by atoms with Crippen molar-refractivity contribution < 1.29 is 23.8 Å². The van der Waals surface area contributed by atoms with E-state index >= 15 is 0 Å². The van der Waals surface area contributed by atoms with Gasteiger partial charge in [-0.05, 0) is 70.5 Å². The lowest BCUT2D eigenvalue weighted by atomic mass is 9.81. The number of hydrogen-bond acceptors (Lipinski definition) is 3. The van der Waals surface area contributed by atoms with Crippen molar-refractivity contribution in [3.8, 4) is 22.6 Å². The summed E-state index contributed by atoms with van der Waals surface area (Å²) in [6.07, 6.45) is 0.472. The summed E-state index contributed by atoms with van der Waals surface area (Å²) in [5.41, 5.74) is 4.05. The van der Waals surface area contributed by atoms with E-state index in [2.05, 4.69) is 20.8 Å². The highest BCUT2D eigenvalue weighted by Gasteiger charge is 2.21. The molecule has 33 heavy (non-hydrogen) atoms. The molecule has 0 aliphatic heterocycles. The van der Waals surface area contributed by atoms with Crippen LogP contribution in [0.5, 0.6) is 11.5 Å². The Kier molecular flexibility index (Phi) is 7.42. The molecular formula is C28H31FO4. The standard InChI is InChI=1S/C28H31FO4/c1-18(27(30)31)14-19-6-9-21(10-7-19)33-17-20-8-12-25(28(2,3)4)23(15-20)24-16-22(32-5)11-13-26(24)29/h6-13,15-16,18H,14,17H2,1-5H3,(H,30,31)/t18-/m0/s1. The van der Waals surface area contributed by atoms with Crippen LogP contribution in [0.2, 0.25) is 0 Å². The molecule has 1 N–H and O–H groups in total. The first-order chi connectivity index (χ1) is 15.6. The maximum atomic E-state index is 14.8. The Hall–Kier alpha value is -3.34. The molecule has 1 atom stereocenters. The van der Waals surface area contributed by atoms with Gasteiger partial charge in [-0.25, -0.2) is 4.39 Å². The summed E-state index contributed by atoms with van der Waals surface area (Å²) in [5, 5.41) is 9.07. The SMILES string of the molecule is COc1ccc(F)c(-c2cc(COc3ccc(C[C@H](C)C(=O)O)cc3)ccc2C(C)(C)C)c1. The number of methoxy groups -OCH3 is 1. The van der Waals surface area contributed by atoms with E-state index < -0.39 is 11.9 Å². The number of carboxylic acid groups (broad SMARTS) is 1. The van der Waals surface area contributed by atoms with Gasteiger partial charge < -0.3 is 14.6 Å². The molecular weight excluding hydrogens is 419 g/mol. The van der Waals surface area contributed by atoms with Crippen molar-refractivity contribution in [2.75, 3.05) is 7.11 Å². The van der Waals surface area contributed by atoms with Gasteiger partial charge in [-0.2, -0.15) is 0 Å². The molecule has 4 nitrogen and oxygen atoms in total. The Labute approximate surface area is 195 Å². The lowest BCUT2D eigenvalue weighted by molar-refractivity contribution is -0.141. The fraction of sp³-hybridized carbons (Fsp3) is 0.321. The van der Waals surface area contributed by atoms with E-state index in [4.69, 9.17) is 14.6 Å². The molecule has 0 bridgehead atoms. The fourth-order valence-corrected chi connectivity index (χ4v) is 3.73. The number of aliphatic carboxylic acids is 1. The third kappa shape index (κ3) is 6.13. The average molecular weight is 451 g/mol. The van der Waals surface area contributed by atoms with Crippen LogP contribution < -0.4 is 9.47 Å². The number of ether oxygens (including phenoxy) is 2. The van der Waals surface area contributed by atoms with Crippen molar-refractivity contribution in [1.82, 2.24) is 0 Å². The van der Waals surface area contributed by atoms with E-state index in [0.717, 1.165) is 22.3 Å². The molecule has 0 unspecified atom stereocenters. The zero-order chi connectivity index (χ0) is 24.2. The Morgan fingerprint density at radius 3 is 2.18 bits per heavy atom. The monoisotopic (exact) mass is 450 g/mol. The van der Waals surface area contributed by atoms with Crippen molar-refractivity contribution >= 4 is 5.97 Å². The van der Waals surface area contributed by atoms with Gasteiger partial charge in [0.2, 0.25) is 0 Å². The normalized spacial score (nSPS) is 12.3. The topological polar surface area (TPSA) is 55.8 Å². The van der Waals surface area contributed by atoms with Crippen LogP contribution in [0.25, 0.3) is 11.1 Å². The second-order valence-corrected chi connectivity index (χ2v) is 9.35. The van der Waals surface area contributed by atoms with Crippen LogP contribution in [0.3, 0.4) is 0 Å². The van der Waals surface area contributed by atoms with Gasteiger partial charge >= 0.3 is 5.97 Å². The number of hydrogen-bond donors (Lipinski definition) is 1. The summed E-state index contributed by atoms with van der Waals surface area (Å²) in [7, 11) is 1.57. The average Bonchev–Trinajstić information content (AvgIpc) is 2.78. The largest absolute Gasteiger partial charge is 0.497 e. The molecule has 0 heterocycles. The second kappa shape index (κ2) is 10.1. The van der Waals surface area contributed by atoms with Gasteiger partial charge in [0.25, 0.3) is 0 Å². The smallest absolute Gasteiger partial charge is 0.306 e. The molecule has 0 spiro atoms. The van der Waals surface area contributed by atoms with Crippen molar-refractivity contribution in [2.24, 2.45) is 5.92 Å². The van der Waals surface area contributed by atoms with Crippen LogP contribution in [0.15, 0.2) is 60.7 Å². The van der Waals surface area contributed by atoms with E-state index in [1.165, 1.54) is 6.07 Å². The first kappa shape index (κ1) is 24.3. The minimum absolute atomic E-state index is 0.173. The van der Waals surface area contributed by atoms with Crippen molar-refractivity contribution in [2.45, 2.75) is 46.1 Å². The number of carbonyl (C=O) groups is 1. The van der Waals surface area contributed by atoms with Gasteiger partial charge in [-0.3, -0.25) is 4.79 Å². The third-order valence-electron chi connectivity index (χ3n) is 5.65. The van der Waals surface area contributed by atoms with Gasteiger partial charge in [0.1, 0.15) is 23.9 Å². The van der Waals surface area contributed by atoms with Gasteiger partial charge in [0.05, 0.1) is 13.0 Å². The first-order valence-electron chi connectivity index (χ1n) is 11.0. The highest BCUT2D eigenvalue weighted by atomic mass is 19.1. The summed E-state index contributed by atoms with van der Waals surface area (Å²) < 4.78 is 26.1. The van der Waals surface area contributed by atoms with Gasteiger partial charge in [-0.15, -0.1) is 0 Å². The maximum absolute atomic E-state index is 14.8. The van der Waals surface area contributed by atoms with Gasteiger partial charge in [-0.1, -0.05) is 52.0 Å². The van der Waals surface area contributed by atoms with Crippen LogP contribution in [0.1, 0.15) is 44.4 Å². The van der Waals surface area contributed by atoms with Gasteiger partial charge in [0.15, 0.2) is 0 Å². The lowest BCUT2D eigenvalue weighted by Crippen LogP contribution is -2.13. The van der Waals surface area contributed by atoms with E-state index in [-0.39, 0.29) is 11.2 Å². The molecule has 0 aromatic heterocycles. The van der Waals surface area contributed by atoms with E-state index in [1.54, 1.807) is 26.2 Å². The van der Waals surface area contributed by atoms with Crippen molar-refractivity contribution in [3.05, 3.63) is 83.2 Å². The van der Waals surface area contributed by atoms with Crippen molar-refractivity contribution in [1.29, 1.82) is 0 Å². The molecule has 0 saturated carbocycles. The Bertz CT molecular complexity index is 1110. The van der Waals surface area contributed by atoms with E-state index in [0.29, 0.717) is 30.1 Å². The number of benzene rings is 3. The van der Waals surface area contributed by atoms with Crippen LogP contribution in [-0.4, -0.2) is 18.2 Å². The second-order valence-electron chi connectivity index (χ2n) is 9.35. The summed E-state index contributed by atoms with van der Waals surface area (Å²) in [6, 6.07) is 18.2. The van der Waals surface area contributed by atoms with Crippen LogP contribution in [-0.2, 0) is 23.2 Å². The predicted octanol–water partition coefficient (Wildman–Crippen LogP) is 6.64. The molecule has 0 saturated heterocycles. The molecule has 0 radical (unpaired) electrons. The molecule has 0 amide bonds. The molecule has 3 rings (SSSR count). The highest BCUT2D eigenvalue weighted by Crippen LogP contribution is 2.36. The van der Waals surface area contributed by atoms with Crippen LogP contribution >= 0.6 is 0 Å². The van der Waals surface area contributed by atoms with Crippen LogP contribution in [0.4, 0.5) is 4.39 Å². The maximum Gasteiger partial charge on any atom is 0.306 e. The molecule has 174 valence electrons. The Balaban J connectivity index is 1.84. The van der Waals surface area contributed by atoms with E-state index in [1.807, 2.05) is 42.5 Å². The quantitative estimate of drug-likeness (QED) is 0.418. The Morgan fingerprint density at radius 2 is 1.58 bits per heavy atom. The summed E-state index contributed by atoms with van der Waals surface area (Å²) >= 11 is 0. The summed E-state index contributed by atoms with van der Waals surface area (Å²) in [4.78, 5) is 11.0. The number of rotatable bonds is 8. The molecule has 0 aliphatic carbocycles. The molecule has 0 aliphatic rings. The zero-order valence-electron chi connectivity index (χ0n) is 19.8. The van der Waals surface area contributed by atoms with Gasteiger partial charge in [0, 0.05) is 5.56 Å². The first-order valence-corrected chi connectivity index (χ1v) is 11.0. The van der Waals surface area contributed by atoms with E-state index in [9.17, 15) is 9.18 Å². The number of halogens is 1. The minimum Gasteiger partial charge on any atom is -0.497 e.